The Hall–Kier alpha value is -1.27. The van der Waals surface area contributed by atoms with E-state index in [-0.39, 0.29) is 0 Å². The summed E-state index contributed by atoms with van der Waals surface area (Å²) in [7, 11) is -3.44. The van der Waals surface area contributed by atoms with Crippen LogP contribution in [0.4, 0.5) is 5.69 Å². The van der Waals surface area contributed by atoms with Gasteiger partial charge in [-0.15, -0.1) is 0 Å². The molecule has 4 nitrogen and oxygen atoms in total. The van der Waals surface area contributed by atoms with Crippen LogP contribution in [-0.2, 0) is 10.0 Å². The molecule has 0 unspecified atom stereocenters. The van der Waals surface area contributed by atoms with Crippen LogP contribution >= 0.6 is 23.2 Å². The predicted molar refractivity (Wildman–Crippen MR) is 93.9 cm³/mol. The first kappa shape index (κ1) is 16.6. The SMILES string of the molecule is O=S(=O)(c1ccccc1)N1CCN(c2cccc(Cl)c2Cl)CC1. The van der Waals surface area contributed by atoms with Crippen LogP contribution in [0.15, 0.2) is 53.4 Å². The van der Waals surface area contributed by atoms with E-state index in [1.165, 1.54) is 4.31 Å². The van der Waals surface area contributed by atoms with E-state index in [1.807, 2.05) is 12.1 Å². The van der Waals surface area contributed by atoms with Gasteiger partial charge in [0, 0.05) is 26.2 Å². The summed E-state index contributed by atoms with van der Waals surface area (Å²) < 4.78 is 26.7. The third-order valence-corrected chi connectivity index (χ3v) is 6.61. The molecule has 122 valence electrons. The van der Waals surface area contributed by atoms with E-state index >= 15 is 0 Å². The van der Waals surface area contributed by atoms with Gasteiger partial charge in [0.2, 0.25) is 10.0 Å². The van der Waals surface area contributed by atoms with E-state index in [4.69, 9.17) is 23.2 Å². The van der Waals surface area contributed by atoms with Gasteiger partial charge in [0.05, 0.1) is 20.6 Å². The molecule has 1 saturated heterocycles. The van der Waals surface area contributed by atoms with Crippen molar-refractivity contribution in [3.05, 3.63) is 58.6 Å². The average molecular weight is 371 g/mol. The van der Waals surface area contributed by atoms with E-state index in [9.17, 15) is 8.42 Å². The number of halogens is 2. The van der Waals surface area contributed by atoms with Crippen molar-refractivity contribution in [2.75, 3.05) is 31.1 Å². The number of benzene rings is 2. The van der Waals surface area contributed by atoms with Crippen molar-refractivity contribution in [3.8, 4) is 0 Å². The molecule has 23 heavy (non-hydrogen) atoms. The Morgan fingerprint density at radius 1 is 0.826 bits per heavy atom. The Balaban J connectivity index is 1.75. The number of anilines is 1. The fraction of sp³-hybridized carbons (Fsp3) is 0.250. The maximum absolute atomic E-state index is 12.6. The third-order valence-electron chi connectivity index (χ3n) is 3.89. The zero-order valence-electron chi connectivity index (χ0n) is 12.3. The second-order valence-electron chi connectivity index (χ2n) is 5.28. The quantitative estimate of drug-likeness (QED) is 0.829. The maximum atomic E-state index is 12.6. The summed E-state index contributed by atoms with van der Waals surface area (Å²) in [6, 6.07) is 14.0. The summed E-state index contributed by atoms with van der Waals surface area (Å²) in [6.07, 6.45) is 0. The number of piperazine rings is 1. The molecule has 7 heteroatoms. The molecule has 1 aliphatic rings. The molecule has 2 aromatic rings. The van der Waals surface area contributed by atoms with Gasteiger partial charge in [-0.2, -0.15) is 4.31 Å². The van der Waals surface area contributed by atoms with Crippen LogP contribution < -0.4 is 4.90 Å². The number of sulfonamides is 1. The molecule has 0 saturated carbocycles. The fourth-order valence-corrected chi connectivity index (χ4v) is 4.51. The average Bonchev–Trinajstić information content (AvgIpc) is 2.58. The molecule has 0 N–H and O–H groups in total. The highest BCUT2D eigenvalue weighted by Crippen LogP contribution is 2.33. The standard InChI is InChI=1S/C16H16Cl2N2O2S/c17-14-7-4-8-15(16(14)18)19-9-11-20(12-10-19)23(21,22)13-5-2-1-3-6-13/h1-8H,9-12H2. The van der Waals surface area contributed by atoms with Gasteiger partial charge in [-0.3, -0.25) is 0 Å². The summed E-state index contributed by atoms with van der Waals surface area (Å²) >= 11 is 12.3. The summed E-state index contributed by atoms with van der Waals surface area (Å²) in [5.41, 5.74) is 0.843. The van der Waals surface area contributed by atoms with Gasteiger partial charge in [0.25, 0.3) is 0 Å². The third kappa shape index (κ3) is 3.33. The Morgan fingerprint density at radius 2 is 1.48 bits per heavy atom. The first-order valence-corrected chi connectivity index (χ1v) is 9.44. The lowest BCUT2D eigenvalue weighted by Crippen LogP contribution is -2.48. The first-order valence-electron chi connectivity index (χ1n) is 7.24. The summed E-state index contributed by atoms with van der Waals surface area (Å²) in [6.45, 7) is 1.98. The van der Waals surface area contributed by atoms with Gasteiger partial charge in [0.1, 0.15) is 0 Å². The van der Waals surface area contributed by atoms with Crippen molar-refractivity contribution in [2.45, 2.75) is 4.90 Å². The topological polar surface area (TPSA) is 40.6 Å². The highest BCUT2D eigenvalue weighted by molar-refractivity contribution is 7.89. The zero-order valence-corrected chi connectivity index (χ0v) is 14.7. The van der Waals surface area contributed by atoms with Gasteiger partial charge in [-0.25, -0.2) is 8.42 Å². The van der Waals surface area contributed by atoms with Crippen LogP contribution in [0.5, 0.6) is 0 Å². The fourth-order valence-electron chi connectivity index (χ4n) is 2.65. The van der Waals surface area contributed by atoms with Crippen LogP contribution in [0.1, 0.15) is 0 Å². The van der Waals surface area contributed by atoms with Crippen LogP contribution in [0.2, 0.25) is 10.0 Å². The number of rotatable bonds is 3. The molecular formula is C16H16Cl2N2O2S. The molecule has 1 fully saturated rings. The highest BCUT2D eigenvalue weighted by Gasteiger charge is 2.29. The monoisotopic (exact) mass is 370 g/mol. The van der Waals surface area contributed by atoms with Crippen molar-refractivity contribution in [1.29, 1.82) is 0 Å². The number of hydrogen-bond donors (Lipinski definition) is 0. The lowest BCUT2D eigenvalue weighted by molar-refractivity contribution is 0.385. The lowest BCUT2D eigenvalue weighted by atomic mass is 10.2. The molecule has 3 rings (SSSR count). The molecule has 2 aromatic carbocycles. The van der Waals surface area contributed by atoms with E-state index < -0.39 is 10.0 Å². The molecular weight excluding hydrogens is 355 g/mol. The zero-order chi connectivity index (χ0) is 16.4. The molecule has 0 radical (unpaired) electrons. The molecule has 1 aliphatic heterocycles. The molecule has 0 atom stereocenters. The Bertz CT molecular complexity index is 789. The molecule has 1 heterocycles. The summed E-state index contributed by atoms with van der Waals surface area (Å²) in [5.74, 6) is 0. The van der Waals surface area contributed by atoms with Crippen molar-refractivity contribution in [3.63, 3.8) is 0 Å². The normalized spacial score (nSPS) is 16.5. The van der Waals surface area contributed by atoms with Gasteiger partial charge >= 0.3 is 0 Å². The van der Waals surface area contributed by atoms with Gasteiger partial charge in [0.15, 0.2) is 0 Å². The molecule has 0 aliphatic carbocycles. The smallest absolute Gasteiger partial charge is 0.243 e. The molecule has 0 bridgehead atoms. The lowest BCUT2D eigenvalue weighted by Gasteiger charge is -2.35. The van der Waals surface area contributed by atoms with Crippen molar-refractivity contribution in [2.24, 2.45) is 0 Å². The highest BCUT2D eigenvalue weighted by atomic mass is 35.5. The van der Waals surface area contributed by atoms with E-state index in [1.54, 1.807) is 36.4 Å². The van der Waals surface area contributed by atoms with Crippen LogP contribution in [0, 0.1) is 0 Å². The van der Waals surface area contributed by atoms with Gasteiger partial charge < -0.3 is 4.90 Å². The maximum Gasteiger partial charge on any atom is 0.243 e. The number of nitrogens with zero attached hydrogens (tertiary/aromatic N) is 2. The van der Waals surface area contributed by atoms with Crippen LogP contribution in [0.3, 0.4) is 0 Å². The molecule has 0 aromatic heterocycles. The van der Waals surface area contributed by atoms with E-state index in [0.717, 1.165) is 5.69 Å². The second-order valence-corrected chi connectivity index (χ2v) is 8.00. The first-order chi connectivity index (χ1) is 11.0. The van der Waals surface area contributed by atoms with Gasteiger partial charge in [-0.05, 0) is 24.3 Å². The van der Waals surface area contributed by atoms with Crippen LogP contribution in [-0.4, -0.2) is 38.9 Å². The second kappa shape index (κ2) is 6.69. The Labute approximate surface area is 146 Å². The predicted octanol–water partition coefficient (Wildman–Crippen LogP) is 3.50. The minimum absolute atomic E-state index is 0.328. The summed E-state index contributed by atoms with van der Waals surface area (Å²) in [5, 5.41) is 1.01. The molecule has 0 amide bonds. The minimum atomic E-state index is -3.44. The number of hydrogen-bond acceptors (Lipinski definition) is 3. The van der Waals surface area contributed by atoms with Crippen LogP contribution in [0.25, 0.3) is 0 Å². The van der Waals surface area contributed by atoms with Crippen molar-refractivity contribution in [1.82, 2.24) is 4.31 Å². The van der Waals surface area contributed by atoms with Crippen molar-refractivity contribution >= 4 is 38.9 Å². The van der Waals surface area contributed by atoms with E-state index in [2.05, 4.69) is 4.90 Å². The van der Waals surface area contributed by atoms with Crippen molar-refractivity contribution < 1.29 is 8.42 Å². The summed E-state index contributed by atoms with van der Waals surface area (Å²) in [4.78, 5) is 2.39. The minimum Gasteiger partial charge on any atom is -0.368 e. The Kier molecular flexibility index (Phi) is 4.82. The van der Waals surface area contributed by atoms with Gasteiger partial charge in [-0.1, -0.05) is 47.5 Å². The molecule has 0 spiro atoms. The largest absolute Gasteiger partial charge is 0.368 e. The van der Waals surface area contributed by atoms with E-state index in [0.29, 0.717) is 41.1 Å². The Morgan fingerprint density at radius 3 is 2.13 bits per heavy atom.